The highest BCUT2D eigenvalue weighted by atomic mass is 79.9. The van der Waals surface area contributed by atoms with Gasteiger partial charge in [-0.3, -0.25) is 0 Å². The van der Waals surface area contributed by atoms with Crippen LogP contribution in [0.15, 0.2) is 28.7 Å². The number of hydrogen-bond acceptors (Lipinski definition) is 0. The predicted octanol–water partition coefficient (Wildman–Crippen LogP) is 4.04. The Kier molecular flexibility index (Phi) is 3.77. The molecule has 0 N–H and O–H groups in total. The maximum atomic E-state index is 5.44. The number of terminal acetylenes is 1. The van der Waals surface area contributed by atoms with Crippen LogP contribution in [-0.2, 0) is 6.42 Å². The fourth-order valence-corrected chi connectivity index (χ4v) is 1.44. The van der Waals surface area contributed by atoms with E-state index in [0.29, 0.717) is 0 Å². The van der Waals surface area contributed by atoms with Crippen molar-refractivity contribution in [3.63, 3.8) is 0 Å². The molecule has 0 aliphatic heterocycles. The monoisotopic (exact) mass is 250 g/mol. The Morgan fingerprint density at radius 1 is 1.29 bits per heavy atom. The van der Waals surface area contributed by atoms with Crippen LogP contribution in [0.3, 0.4) is 0 Å². The Morgan fingerprint density at radius 3 is 2.36 bits per heavy atom. The summed E-state index contributed by atoms with van der Waals surface area (Å²) in [5, 5.41) is 0. The third-order valence-electron chi connectivity index (χ3n) is 2.34. The number of rotatable bonds is 3. The van der Waals surface area contributed by atoms with Crippen LogP contribution in [0, 0.1) is 17.8 Å². The summed E-state index contributed by atoms with van der Waals surface area (Å²) in [5.74, 6) is 2.81. The summed E-state index contributed by atoms with van der Waals surface area (Å²) in [4.78, 5) is 0. The summed E-state index contributed by atoms with van der Waals surface area (Å²) < 4.78 is 1.12. The zero-order chi connectivity index (χ0) is 10.6. The maximum absolute atomic E-state index is 5.44. The third kappa shape index (κ3) is 3.55. The highest BCUT2D eigenvalue weighted by molar-refractivity contribution is 9.10. The molecule has 14 heavy (non-hydrogen) atoms. The van der Waals surface area contributed by atoms with Gasteiger partial charge in [0, 0.05) is 9.89 Å². The van der Waals surface area contributed by atoms with Gasteiger partial charge in [-0.15, -0.1) is 12.3 Å². The lowest BCUT2D eigenvalue weighted by Crippen LogP contribution is -2.08. The molecule has 1 rings (SSSR count). The molecular formula is C13H15Br. The first-order chi connectivity index (χ1) is 6.53. The van der Waals surface area contributed by atoms with Gasteiger partial charge in [0.05, 0.1) is 0 Å². The molecule has 0 amide bonds. The molecule has 1 aromatic carbocycles. The summed E-state index contributed by atoms with van der Waals surface area (Å²) in [6.45, 7) is 4.21. The van der Waals surface area contributed by atoms with Crippen LogP contribution in [0.5, 0.6) is 0 Å². The summed E-state index contributed by atoms with van der Waals surface area (Å²) in [6, 6.07) is 8.41. The van der Waals surface area contributed by atoms with E-state index < -0.39 is 0 Å². The van der Waals surface area contributed by atoms with Crippen molar-refractivity contribution in [3.05, 3.63) is 34.3 Å². The van der Waals surface area contributed by atoms with E-state index in [1.54, 1.807) is 0 Å². The third-order valence-corrected chi connectivity index (χ3v) is 2.87. The minimum atomic E-state index is 0.00702. The smallest absolute Gasteiger partial charge is 0.0259 e. The first kappa shape index (κ1) is 11.3. The van der Waals surface area contributed by atoms with Crippen LogP contribution in [0.4, 0.5) is 0 Å². The lowest BCUT2D eigenvalue weighted by Gasteiger charge is -2.16. The second kappa shape index (κ2) is 4.66. The van der Waals surface area contributed by atoms with E-state index in [-0.39, 0.29) is 5.41 Å². The Labute approximate surface area is 94.9 Å². The molecule has 0 bridgehead atoms. The second-order valence-corrected chi connectivity index (χ2v) is 5.07. The molecule has 0 spiro atoms. The zero-order valence-electron chi connectivity index (χ0n) is 8.68. The van der Waals surface area contributed by atoms with Gasteiger partial charge in [-0.25, -0.2) is 0 Å². The van der Waals surface area contributed by atoms with Gasteiger partial charge in [-0.1, -0.05) is 28.1 Å². The number of benzene rings is 1. The van der Waals surface area contributed by atoms with Gasteiger partial charge >= 0.3 is 0 Å². The summed E-state index contributed by atoms with van der Waals surface area (Å²) in [7, 11) is 0. The maximum Gasteiger partial charge on any atom is 0.0259 e. The van der Waals surface area contributed by atoms with Crippen LogP contribution < -0.4 is 0 Å². The second-order valence-electron chi connectivity index (χ2n) is 4.15. The van der Waals surface area contributed by atoms with Gasteiger partial charge in [0.15, 0.2) is 0 Å². The molecule has 0 atom stereocenters. The first-order valence-electron chi connectivity index (χ1n) is 4.76. The summed E-state index contributed by atoms with van der Waals surface area (Å²) in [6.07, 6.45) is 7.52. The average molecular weight is 251 g/mol. The van der Waals surface area contributed by atoms with Crippen molar-refractivity contribution < 1.29 is 0 Å². The van der Waals surface area contributed by atoms with Crippen molar-refractivity contribution in [1.82, 2.24) is 0 Å². The molecule has 0 unspecified atom stereocenters. The molecule has 0 nitrogen and oxygen atoms in total. The predicted molar refractivity (Wildman–Crippen MR) is 65.1 cm³/mol. The van der Waals surface area contributed by atoms with Crippen molar-refractivity contribution >= 4 is 15.9 Å². The Hall–Kier alpha value is -0.740. The van der Waals surface area contributed by atoms with Crippen molar-refractivity contribution in [2.24, 2.45) is 5.41 Å². The molecule has 0 saturated heterocycles. The highest BCUT2D eigenvalue weighted by Gasteiger charge is 2.13. The number of hydrogen-bond donors (Lipinski definition) is 0. The van der Waals surface area contributed by atoms with Crippen molar-refractivity contribution in [2.75, 3.05) is 0 Å². The van der Waals surface area contributed by atoms with Crippen molar-refractivity contribution in [1.29, 1.82) is 0 Å². The van der Waals surface area contributed by atoms with E-state index in [1.807, 2.05) is 0 Å². The largest absolute Gasteiger partial charge is 0.120 e. The Bertz CT molecular complexity index is 327. The van der Waals surface area contributed by atoms with E-state index in [2.05, 4.69) is 60.0 Å². The van der Waals surface area contributed by atoms with E-state index >= 15 is 0 Å². The van der Waals surface area contributed by atoms with Crippen LogP contribution in [-0.4, -0.2) is 0 Å². The lowest BCUT2D eigenvalue weighted by atomic mass is 9.87. The lowest BCUT2D eigenvalue weighted by molar-refractivity contribution is 0.459. The molecule has 0 heterocycles. The molecule has 0 aliphatic rings. The minimum absolute atomic E-state index is 0.00702. The molecule has 74 valence electrons. The fraction of sp³-hybridized carbons (Fsp3) is 0.385. The van der Waals surface area contributed by atoms with E-state index in [0.717, 1.165) is 17.3 Å². The summed E-state index contributed by atoms with van der Waals surface area (Å²) >= 11 is 3.42. The van der Waals surface area contributed by atoms with Gasteiger partial charge < -0.3 is 0 Å². The van der Waals surface area contributed by atoms with Crippen LogP contribution in [0.1, 0.15) is 25.8 Å². The molecule has 1 aromatic rings. The van der Waals surface area contributed by atoms with Gasteiger partial charge in [0.2, 0.25) is 0 Å². The number of halogens is 1. The molecule has 0 fully saturated rings. The Morgan fingerprint density at radius 2 is 1.86 bits per heavy atom. The van der Waals surface area contributed by atoms with E-state index in [9.17, 15) is 0 Å². The van der Waals surface area contributed by atoms with Gasteiger partial charge in [0.25, 0.3) is 0 Å². The molecule has 0 aromatic heterocycles. The van der Waals surface area contributed by atoms with Crippen LogP contribution in [0.25, 0.3) is 0 Å². The molecule has 1 heteroatoms. The molecule has 0 radical (unpaired) electrons. The van der Waals surface area contributed by atoms with Crippen LogP contribution in [0.2, 0.25) is 0 Å². The van der Waals surface area contributed by atoms with Crippen molar-refractivity contribution in [3.8, 4) is 12.3 Å². The molecule has 0 saturated carbocycles. The average Bonchev–Trinajstić information content (AvgIpc) is 2.17. The van der Waals surface area contributed by atoms with Gasteiger partial charge in [0.1, 0.15) is 0 Å². The van der Waals surface area contributed by atoms with E-state index in [1.165, 1.54) is 5.56 Å². The normalized spacial score (nSPS) is 11.0. The first-order valence-corrected chi connectivity index (χ1v) is 5.55. The zero-order valence-corrected chi connectivity index (χ0v) is 10.3. The highest BCUT2D eigenvalue weighted by Crippen LogP contribution is 2.22. The SMILES string of the molecule is C#CC(C)(C)CCc1ccc(Br)cc1. The topological polar surface area (TPSA) is 0 Å². The minimum Gasteiger partial charge on any atom is -0.120 e. The summed E-state index contributed by atoms with van der Waals surface area (Å²) in [5.41, 5.74) is 1.35. The Balaban J connectivity index is 2.55. The molecule has 0 aliphatic carbocycles. The quantitative estimate of drug-likeness (QED) is 0.711. The van der Waals surface area contributed by atoms with Crippen molar-refractivity contribution in [2.45, 2.75) is 26.7 Å². The number of aryl methyl sites for hydroxylation is 1. The van der Waals surface area contributed by atoms with Gasteiger partial charge in [-0.2, -0.15) is 0 Å². The fourth-order valence-electron chi connectivity index (χ4n) is 1.18. The molecular weight excluding hydrogens is 236 g/mol. The van der Waals surface area contributed by atoms with Gasteiger partial charge in [-0.05, 0) is 44.4 Å². The van der Waals surface area contributed by atoms with E-state index in [4.69, 9.17) is 6.42 Å². The standard InChI is InChI=1S/C13H15Br/c1-4-13(2,3)10-9-11-5-7-12(14)8-6-11/h1,5-8H,9-10H2,2-3H3. The van der Waals surface area contributed by atoms with Crippen LogP contribution >= 0.6 is 15.9 Å².